The lowest BCUT2D eigenvalue weighted by Crippen LogP contribution is -1.97. The second-order valence-electron chi connectivity index (χ2n) is 2.95. The quantitative estimate of drug-likeness (QED) is 0.669. The fraction of sp³-hybridized carbons (Fsp3) is 0.100. The van der Waals surface area contributed by atoms with Crippen molar-refractivity contribution in [1.82, 2.24) is 15.0 Å². The largest absolute Gasteiger partial charge is 0.295 e. The molecule has 0 bridgehead atoms. The van der Waals surface area contributed by atoms with Crippen LogP contribution in [0.15, 0.2) is 36.7 Å². The molecule has 2 aromatic rings. The summed E-state index contributed by atoms with van der Waals surface area (Å²) >= 11 is 0. The molecule has 0 saturated heterocycles. The van der Waals surface area contributed by atoms with Crippen LogP contribution in [0.1, 0.15) is 17.3 Å². The topological polar surface area (TPSA) is 47.8 Å². The van der Waals surface area contributed by atoms with Gasteiger partial charge in [0.25, 0.3) is 0 Å². The lowest BCUT2D eigenvalue weighted by atomic mass is 10.1. The summed E-state index contributed by atoms with van der Waals surface area (Å²) in [6, 6.07) is 7.23. The minimum Gasteiger partial charge on any atom is -0.295 e. The molecule has 0 fully saturated rings. The SMILES string of the molecule is CC(=O)c1ccc(-n2ccnn2)cc1. The predicted octanol–water partition coefficient (Wildman–Crippen LogP) is 1.47. The number of Topliss-reactive ketones (excluding diaryl/α,β-unsaturated/α-hetero) is 1. The van der Waals surface area contributed by atoms with Gasteiger partial charge in [-0.3, -0.25) is 4.79 Å². The van der Waals surface area contributed by atoms with E-state index in [2.05, 4.69) is 10.3 Å². The monoisotopic (exact) mass is 187 g/mol. The molecule has 0 radical (unpaired) electrons. The van der Waals surface area contributed by atoms with Crippen LogP contribution in [0.25, 0.3) is 5.69 Å². The molecule has 1 heterocycles. The first-order chi connectivity index (χ1) is 6.77. The molecule has 4 nitrogen and oxygen atoms in total. The van der Waals surface area contributed by atoms with Gasteiger partial charge in [-0.1, -0.05) is 5.21 Å². The van der Waals surface area contributed by atoms with Crippen molar-refractivity contribution in [3.8, 4) is 5.69 Å². The first-order valence-electron chi connectivity index (χ1n) is 4.25. The van der Waals surface area contributed by atoms with Crippen LogP contribution < -0.4 is 0 Å². The molecule has 0 amide bonds. The summed E-state index contributed by atoms with van der Waals surface area (Å²) in [5, 5.41) is 7.54. The van der Waals surface area contributed by atoms with Gasteiger partial charge in [0.2, 0.25) is 0 Å². The van der Waals surface area contributed by atoms with Gasteiger partial charge in [0.15, 0.2) is 5.78 Å². The maximum absolute atomic E-state index is 11.0. The average molecular weight is 187 g/mol. The van der Waals surface area contributed by atoms with Crippen molar-refractivity contribution in [1.29, 1.82) is 0 Å². The van der Waals surface area contributed by atoms with Crippen molar-refractivity contribution >= 4 is 5.78 Å². The lowest BCUT2D eigenvalue weighted by Gasteiger charge is -2.00. The Bertz CT molecular complexity index is 431. The van der Waals surface area contributed by atoms with E-state index in [1.165, 1.54) is 0 Å². The molecule has 2 rings (SSSR count). The van der Waals surface area contributed by atoms with Crippen LogP contribution in [-0.4, -0.2) is 20.8 Å². The molecule has 14 heavy (non-hydrogen) atoms. The molecular weight excluding hydrogens is 178 g/mol. The van der Waals surface area contributed by atoms with E-state index in [-0.39, 0.29) is 5.78 Å². The summed E-state index contributed by atoms with van der Waals surface area (Å²) in [4.78, 5) is 11.0. The van der Waals surface area contributed by atoms with Crippen LogP contribution in [-0.2, 0) is 0 Å². The fourth-order valence-electron chi connectivity index (χ4n) is 1.19. The first kappa shape index (κ1) is 8.62. The molecule has 70 valence electrons. The highest BCUT2D eigenvalue weighted by Crippen LogP contribution is 2.08. The van der Waals surface area contributed by atoms with E-state index in [9.17, 15) is 4.79 Å². The third-order valence-electron chi connectivity index (χ3n) is 1.96. The summed E-state index contributed by atoms with van der Waals surface area (Å²) in [7, 11) is 0. The van der Waals surface area contributed by atoms with Crippen molar-refractivity contribution in [2.24, 2.45) is 0 Å². The number of carbonyl (C=O) groups excluding carboxylic acids is 1. The maximum Gasteiger partial charge on any atom is 0.159 e. The van der Waals surface area contributed by atoms with Crippen LogP contribution in [0.3, 0.4) is 0 Å². The second-order valence-corrected chi connectivity index (χ2v) is 2.95. The van der Waals surface area contributed by atoms with Gasteiger partial charge in [-0.2, -0.15) is 0 Å². The van der Waals surface area contributed by atoms with Crippen LogP contribution in [0, 0.1) is 0 Å². The van der Waals surface area contributed by atoms with Crippen molar-refractivity contribution in [3.05, 3.63) is 42.2 Å². The van der Waals surface area contributed by atoms with Gasteiger partial charge in [0.1, 0.15) is 0 Å². The Labute approximate surface area is 81.2 Å². The predicted molar refractivity (Wildman–Crippen MR) is 51.4 cm³/mol. The van der Waals surface area contributed by atoms with Crippen molar-refractivity contribution in [3.63, 3.8) is 0 Å². The summed E-state index contributed by atoms with van der Waals surface area (Å²) in [6.07, 6.45) is 3.36. The number of carbonyl (C=O) groups is 1. The fourth-order valence-corrected chi connectivity index (χ4v) is 1.19. The maximum atomic E-state index is 11.0. The van der Waals surface area contributed by atoms with E-state index in [1.807, 2.05) is 12.1 Å². The van der Waals surface area contributed by atoms with Crippen LogP contribution in [0.5, 0.6) is 0 Å². The Morgan fingerprint density at radius 1 is 1.29 bits per heavy atom. The molecule has 0 unspecified atom stereocenters. The first-order valence-corrected chi connectivity index (χ1v) is 4.25. The van der Waals surface area contributed by atoms with Crippen molar-refractivity contribution < 1.29 is 4.79 Å². The van der Waals surface area contributed by atoms with Gasteiger partial charge in [-0.05, 0) is 31.2 Å². The summed E-state index contributed by atoms with van der Waals surface area (Å²) < 4.78 is 1.64. The molecule has 1 aromatic carbocycles. The Kier molecular flexibility index (Phi) is 2.10. The van der Waals surface area contributed by atoms with E-state index in [0.29, 0.717) is 5.56 Å². The number of hydrogen-bond acceptors (Lipinski definition) is 3. The van der Waals surface area contributed by atoms with Crippen molar-refractivity contribution in [2.45, 2.75) is 6.92 Å². The smallest absolute Gasteiger partial charge is 0.159 e. The molecule has 0 aliphatic heterocycles. The molecule has 1 aromatic heterocycles. The van der Waals surface area contributed by atoms with Gasteiger partial charge >= 0.3 is 0 Å². The van der Waals surface area contributed by atoms with Gasteiger partial charge in [0.05, 0.1) is 18.1 Å². The van der Waals surface area contributed by atoms with Crippen LogP contribution >= 0.6 is 0 Å². The van der Waals surface area contributed by atoms with E-state index >= 15 is 0 Å². The molecule has 0 aliphatic carbocycles. The number of benzene rings is 1. The normalized spacial score (nSPS) is 10.1. The third-order valence-corrected chi connectivity index (χ3v) is 1.96. The zero-order valence-electron chi connectivity index (χ0n) is 7.71. The lowest BCUT2D eigenvalue weighted by molar-refractivity contribution is 0.101. The average Bonchev–Trinajstić information content (AvgIpc) is 2.71. The van der Waals surface area contributed by atoms with E-state index in [1.54, 1.807) is 36.1 Å². The van der Waals surface area contributed by atoms with Gasteiger partial charge in [0, 0.05) is 5.56 Å². The molecule has 0 saturated carbocycles. The van der Waals surface area contributed by atoms with E-state index in [4.69, 9.17) is 0 Å². The highest BCUT2D eigenvalue weighted by atomic mass is 16.1. The summed E-state index contributed by atoms with van der Waals surface area (Å²) in [5.74, 6) is 0.0649. The van der Waals surface area contributed by atoms with E-state index < -0.39 is 0 Å². The van der Waals surface area contributed by atoms with Crippen molar-refractivity contribution in [2.75, 3.05) is 0 Å². The number of aromatic nitrogens is 3. The van der Waals surface area contributed by atoms with Gasteiger partial charge in [-0.15, -0.1) is 5.10 Å². The van der Waals surface area contributed by atoms with Gasteiger partial charge in [-0.25, -0.2) is 4.68 Å². The molecular formula is C10H9N3O. The Morgan fingerprint density at radius 2 is 2.00 bits per heavy atom. The van der Waals surface area contributed by atoms with E-state index in [0.717, 1.165) is 5.69 Å². The molecule has 0 spiro atoms. The number of hydrogen-bond donors (Lipinski definition) is 0. The zero-order chi connectivity index (χ0) is 9.97. The Morgan fingerprint density at radius 3 is 2.50 bits per heavy atom. The van der Waals surface area contributed by atoms with Crippen LogP contribution in [0.2, 0.25) is 0 Å². The molecule has 0 atom stereocenters. The summed E-state index contributed by atoms with van der Waals surface area (Å²) in [5.41, 5.74) is 1.60. The Hall–Kier alpha value is -1.97. The number of nitrogens with zero attached hydrogens (tertiary/aromatic N) is 3. The standard InChI is InChI=1S/C10H9N3O/c1-8(14)9-2-4-10(5-3-9)13-7-6-11-12-13/h2-7H,1H3. The highest BCUT2D eigenvalue weighted by Gasteiger charge is 2.00. The molecule has 4 heteroatoms. The highest BCUT2D eigenvalue weighted by molar-refractivity contribution is 5.94. The minimum absolute atomic E-state index is 0.0649. The number of ketones is 1. The molecule has 0 aliphatic rings. The molecule has 0 N–H and O–H groups in total. The van der Waals surface area contributed by atoms with Crippen LogP contribution in [0.4, 0.5) is 0 Å². The zero-order valence-corrected chi connectivity index (χ0v) is 7.71. The van der Waals surface area contributed by atoms with Gasteiger partial charge < -0.3 is 0 Å². The number of rotatable bonds is 2. The second kappa shape index (κ2) is 3.41. The minimum atomic E-state index is 0.0649. The summed E-state index contributed by atoms with van der Waals surface area (Å²) in [6.45, 7) is 1.55. The Balaban J connectivity index is 2.36. The third kappa shape index (κ3) is 1.54.